The Balaban J connectivity index is 1.95. The molecule has 11 heteroatoms. The molecular formula is C18H17F3N4O2S2. The van der Waals surface area contributed by atoms with Crippen LogP contribution in [-0.4, -0.2) is 32.9 Å². The van der Waals surface area contributed by atoms with Crippen molar-refractivity contribution in [3.8, 4) is 22.6 Å². The molecule has 0 fully saturated rings. The number of rotatable bonds is 7. The lowest BCUT2D eigenvalue weighted by Gasteiger charge is -2.07. The van der Waals surface area contributed by atoms with Gasteiger partial charge in [0.1, 0.15) is 12.5 Å². The van der Waals surface area contributed by atoms with Crippen molar-refractivity contribution >= 4 is 29.7 Å². The monoisotopic (exact) mass is 442 g/mol. The normalized spacial score (nSPS) is 11.6. The van der Waals surface area contributed by atoms with Crippen LogP contribution in [0.1, 0.15) is 5.69 Å². The van der Waals surface area contributed by atoms with Gasteiger partial charge >= 0.3 is 12.1 Å². The summed E-state index contributed by atoms with van der Waals surface area (Å²) in [4.78, 5) is 15.8. The zero-order valence-electron chi connectivity index (χ0n) is 15.2. The lowest BCUT2D eigenvalue weighted by atomic mass is 10.2. The van der Waals surface area contributed by atoms with Gasteiger partial charge in [0, 0.05) is 10.6 Å². The van der Waals surface area contributed by atoms with E-state index in [0.717, 1.165) is 33.2 Å². The maximum Gasteiger partial charge on any atom is 0.435 e. The molecule has 2 aromatic heterocycles. The molecule has 3 N–H and O–H groups in total. The Morgan fingerprint density at radius 2 is 2.00 bits per heavy atom. The molecule has 0 amide bonds. The zero-order chi connectivity index (χ0) is 21.0. The molecule has 0 bridgehead atoms. The number of aromatic nitrogens is 3. The van der Waals surface area contributed by atoms with Crippen molar-refractivity contribution in [3.05, 3.63) is 48.2 Å². The van der Waals surface area contributed by atoms with Crippen LogP contribution < -0.4 is 5.14 Å². The molecule has 3 rings (SSSR count). The molecule has 0 atom stereocenters. The highest BCUT2D eigenvalue weighted by molar-refractivity contribution is 7.98. The minimum Gasteiger partial charge on any atom is -0.453 e. The van der Waals surface area contributed by atoms with Crippen molar-refractivity contribution in [3.63, 3.8) is 0 Å². The van der Waals surface area contributed by atoms with Gasteiger partial charge in [-0.05, 0) is 54.1 Å². The van der Waals surface area contributed by atoms with Crippen molar-refractivity contribution in [1.29, 1.82) is 0 Å². The van der Waals surface area contributed by atoms with E-state index in [4.69, 9.17) is 9.88 Å². The van der Waals surface area contributed by atoms with Crippen LogP contribution in [0.25, 0.3) is 22.6 Å². The number of hydrogen-bond acceptors (Lipinski definition) is 6. The quantitative estimate of drug-likeness (QED) is 0.321. The summed E-state index contributed by atoms with van der Waals surface area (Å²) in [5, 5.41) is 9.14. The van der Waals surface area contributed by atoms with E-state index in [0.29, 0.717) is 11.4 Å². The Kier molecular flexibility index (Phi) is 6.60. The summed E-state index contributed by atoms with van der Waals surface area (Å²) < 4.78 is 45.4. The number of nitrogens with one attached hydrogen (secondary N) is 1. The average molecular weight is 442 g/mol. The number of nitrogens with two attached hydrogens (primary N) is 1. The molecule has 1 aromatic carbocycles. The number of ether oxygens (including phenoxy) is 1. The molecule has 3 aromatic rings. The Morgan fingerprint density at radius 3 is 2.69 bits per heavy atom. The molecule has 6 nitrogen and oxygen atoms in total. The van der Waals surface area contributed by atoms with Gasteiger partial charge in [0.2, 0.25) is 0 Å². The number of H-pyrrole nitrogens is 1. The van der Waals surface area contributed by atoms with E-state index in [9.17, 15) is 18.0 Å². The smallest absolute Gasteiger partial charge is 0.435 e. The van der Waals surface area contributed by atoms with E-state index in [1.54, 1.807) is 18.4 Å². The highest BCUT2D eigenvalue weighted by Gasteiger charge is 2.35. The number of thioether (sulfide) groups is 1. The maximum absolute atomic E-state index is 13.2. The molecule has 0 aliphatic heterocycles. The van der Waals surface area contributed by atoms with Gasteiger partial charge in [0.15, 0.2) is 5.69 Å². The number of nitrogens with zero attached hydrogens (tertiary/aromatic N) is 2. The predicted octanol–water partition coefficient (Wildman–Crippen LogP) is 4.39. The highest BCUT2D eigenvalue weighted by atomic mass is 32.2. The van der Waals surface area contributed by atoms with E-state index >= 15 is 0 Å². The highest BCUT2D eigenvalue weighted by Crippen LogP contribution is 2.33. The average Bonchev–Trinajstić information content (AvgIpc) is 3.33. The molecule has 154 valence electrons. The minimum atomic E-state index is -4.63. The summed E-state index contributed by atoms with van der Waals surface area (Å²) in [5.41, 5.74) is 0.971. The number of hydrogen-bond donors (Lipinski definition) is 2. The molecule has 0 saturated carbocycles. The van der Waals surface area contributed by atoms with Gasteiger partial charge in [0.05, 0.1) is 11.4 Å². The van der Waals surface area contributed by atoms with E-state index in [1.807, 2.05) is 24.3 Å². The number of carbonyl (C=O) groups excluding carboxylic acids is 1. The zero-order valence-corrected chi connectivity index (χ0v) is 16.8. The van der Waals surface area contributed by atoms with Crippen molar-refractivity contribution in [2.75, 3.05) is 12.2 Å². The van der Waals surface area contributed by atoms with Gasteiger partial charge in [-0.25, -0.2) is 0 Å². The van der Waals surface area contributed by atoms with Crippen LogP contribution in [0.5, 0.6) is 0 Å². The van der Waals surface area contributed by atoms with Gasteiger partial charge in [-0.1, -0.05) is 12.1 Å². The van der Waals surface area contributed by atoms with Gasteiger partial charge < -0.3 is 9.72 Å². The first kappa shape index (κ1) is 21.3. The largest absolute Gasteiger partial charge is 0.453 e. The molecule has 0 aliphatic carbocycles. The van der Waals surface area contributed by atoms with Crippen LogP contribution >= 0.6 is 23.7 Å². The number of carbonyl (C=O) groups is 1. The van der Waals surface area contributed by atoms with Crippen molar-refractivity contribution < 1.29 is 22.7 Å². The number of benzene rings is 1. The van der Waals surface area contributed by atoms with Gasteiger partial charge in [0.25, 0.3) is 0 Å². The summed E-state index contributed by atoms with van der Waals surface area (Å²) in [6.45, 7) is -0.431. The van der Waals surface area contributed by atoms with Crippen LogP contribution in [0.2, 0.25) is 0 Å². The van der Waals surface area contributed by atoms with Crippen molar-refractivity contribution in [1.82, 2.24) is 14.8 Å². The van der Waals surface area contributed by atoms with Crippen LogP contribution in [0.3, 0.4) is 0 Å². The van der Waals surface area contributed by atoms with Gasteiger partial charge in [-0.2, -0.15) is 18.3 Å². The minimum absolute atomic E-state index is 0.115. The first-order valence-corrected chi connectivity index (χ1v) is 10.6. The van der Waals surface area contributed by atoms with Crippen molar-refractivity contribution in [2.45, 2.75) is 17.6 Å². The van der Waals surface area contributed by atoms with E-state index in [1.165, 1.54) is 11.8 Å². The number of aromatic amines is 1. The summed E-state index contributed by atoms with van der Waals surface area (Å²) in [7, 11) is 0. The second-order valence-electron chi connectivity index (χ2n) is 5.92. The van der Waals surface area contributed by atoms with Crippen LogP contribution in [0.15, 0.2) is 47.4 Å². The van der Waals surface area contributed by atoms with Crippen LogP contribution in [0.4, 0.5) is 13.2 Å². The molecular weight excluding hydrogens is 425 g/mol. The van der Waals surface area contributed by atoms with E-state index in [2.05, 4.69) is 10.1 Å². The van der Waals surface area contributed by atoms with E-state index < -0.39 is 24.4 Å². The molecule has 0 saturated heterocycles. The first-order valence-electron chi connectivity index (χ1n) is 8.28. The lowest BCUT2D eigenvalue weighted by molar-refractivity contribution is -0.144. The van der Waals surface area contributed by atoms with Crippen molar-refractivity contribution in [2.24, 2.45) is 5.14 Å². The standard InChI is InChI=1S/C18H17F3N4O2S2/c1-28-10-27-17(26)9-25-15(8-16(24-25)18(19,20)21)14-6-5-13(23-14)11-3-2-4-12(7-11)29-22/h2-8,23H,9-10,22H2,1H3. The molecule has 0 radical (unpaired) electrons. The topological polar surface area (TPSA) is 85.9 Å². The number of alkyl halides is 3. The number of esters is 1. The molecule has 0 spiro atoms. The molecule has 29 heavy (non-hydrogen) atoms. The Morgan fingerprint density at radius 1 is 1.24 bits per heavy atom. The Bertz CT molecular complexity index is 1000. The maximum atomic E-state index is 13.2. The lowest BCUT2D eigenvalue weighted by Crippen LogP contribution is -2.16. The fourth-order valence-corrected chi connectivity index (χ4v) is 3.24. The third-order valence-electron chi connectivity index (χ3n) is 3.93. The summed E-state index contributed by atoms with van der Waals surface area (Å²) >= 11 is 2.38. The summed E-state index contributed by atoms with van der Waals surface area (Å²) in [5.74, 6) is -0.555. The molecule has 0 aliphatic rings. The summed E-state index contributed by atoms with van der Waals surface area (Å²) in [6.07, 6.45) is -2.89. The Labute approximate surface area is 173 Å². The summed E-state index contributed by atoms with van der Waals surface area (Å²) in [6, 6.07) is 11.7. The second-order valence-corrected chi connectivity index (χ2v) is 7.44. The van der Waals surface area contributed by atoms with Crippen LogP contribution in [-0.2, 0) is 22.3 Å². The SMILES string of the molecule is CSCOC(=O)Cn1nc(C(F)(F)F)cc1-c1ccc(-c2cccc(SN)c2)[nH]1. The number of halogens is 3. The van der Waals surface area contributed by atoms with Gasteiger partial charge in [-0.3, -0.25) is 14.6 Å². The Hall–Kier alpha value is -2.37. The van der Waals surface area contributed by atoms with Gasteiger partial charge in [-0.15, -0.1) is 11.8 Å². The fourth-order valence-electron chi connectivity index (χ4n) is 2.64. The third kappa shape index (κ3) is 5.17. The predicted molar refractivity (Wildman–Crippen MR) is 107 cm³/mol. The molecule has 0 unspecified atom stereocenters. The fraction of sp³-hybridized carbons (Fsp3) is 0.222. The molecule has 2 heterocycles. The third-order valence-corrected chi connectivity index (χ3v) is 4.81. The van der Waals surface area contributed by atoms with Crippen LogP contribution in [0, 0.1) is 0 Å². The van der Waals surface area contributed by atoms with E-state index in [-0.39, 0.29) is 11.6 Å². The first-order chi connectivity index (χ1) is 13.8. The second kappa shape index (κ2) is 8.97.